The van der Waals surface area contributed by atoms with Gasteiger partial charge in [0.1, 0.15) is 0 Å². The zero-order valence-corrected chi connectivity index (χ0v) is 10.3. The van der Waals surface area contributed by atoms with Crippen LogP contribution >= 0.6 is 0 Å². The van der Waals surface area contributed by atoms with E-state index in [-0.39, 0.29) is 0 Å². The molecule has 0 aromatic carbocycles. The van der Waals surface area contributed by atoms with Gasteiger partial charge >= 0.3 is 0 Å². The minimum Gasteiger partial charge on any atom is -0.380 e. The van der Waals surface area contributed by atoms with Gasteiger partial charge in [-0.3, -0.25) is 0 Å². The standard InChI is InChI=1S/C12H26N2O/c1-12(2)13-6-11-15-10-5-9-14-7-3-4-8-14/h12-13H,3-11H2,1-2H3. The van der Waals surface area contributed by atoms with Gasteiger partial charge in [-0.1, -0.05) is 13.8 Å². The molecule has 0 radical (unpaired) electrons. The highest BCUT2D eigenvalue weighted by molar-refractivity contribution is 4.65. The fourth-order valence-corrected chi connectivity index (χ4v) is 1.92. The van der Waals surface area contributed by atoms with E-state index < -0.39 is 0 Å². The van der Waals surface area contributed by atoms with E-state index in [4.69, 9.17) is 4.74 Å². The molecule has 1 fully saturated rings. The maximum atomic E-state index is 5.55. The van der Waals surface area contributed by atoms with Gasteiger partial charge in [-0.2, -0.15) is 0 Å². The largest absolute Gasteiger partial charge is 0.380 e. The van der Waals surface area contributed by atoms with Crippen LogP contribution in [0.15, 0.2) is 0 Å². The third-order valence-corrected chi connectivity index (χ3v) is 2.76. The summed E-state index contributed by atoms with van der Waals surface area (Å²) in [5.74, 6) is 0. The normalized spacial score (nSPS) is 17.8. The summed E-state index contributed by atoms with van der Waals surface area (Å²) in [4.78, 5) is 2.54. The van der Waals surface area contributed by atoms with Crippen LogP contribution in [0.1, 0.15) is 33.1 Å². The van der Waals surface area contributed by atoms with Crippen molar-refractivity contribution in [3.8, 4) is 0 Å². The first-order valence-electron chi connectivity index (χ1n) is 6.32. The highest BCUT2D eigenvalue weighted by Gasteiger charge is 2.09. The molecule has 1 rings (SSSR count). The molecule has 0 saturated carbocycles. The predicted molar refractivity (Wildman–Crippen MR) is 64.2 cm³/mol. The Morgan fingerprint density at radius 1 is 1.20 bits per heavy atom. The summed E-state index contributed by atoms with van der Waals surface area (Å²) in [6.07, 6.45) is 3.96. The van der Waals surface area contributed by atoms with Gasteiger partial charge in [-0.05, 0) is 32.4 Å². The summed E-state index contributed by atoms with van der Waals surface area (Å²) in [6, 6.07) is 0.568. The van der Waals surface area contributed by atoms with Crippen molar-refractivity contribution in [2.24, 2.45) is 0 Å². The van der Waals surface area contributed by atoms with Crippen LogP contribution in [-0.2, 0) is 4.74 Å². The first-order chi connectivity index (χ1) is 7.29. The smallest absolute Gasteiger partial charge is 0.0591 e. The predicted octanol–water partition coefficient (Wildman–Crippen LogP) is 1.49. The molecule has 3 heteroatoms. The van der Waals surface area contributed by atoms with Gasteiger partial charge in [0.05, 0.1) is 6.61 Å². The van der Waals surface area contributed by atoms with Gasteiger partial charge in [0.2, 0.25) is 0 Å². The van der Waals surface area contributed by atoms with Crippen molar-refractivity contribution >= 4 is 0 Å². The van der Waals surface area contributed by atoms with Crippen molar-refractivity contribution in [1.82, 2.24) is 10.2 Å². The van der Waals surface area contributed by atoms with E-state index in [2.05, 4.69) is 24.1 Å². The lowest BCUT2D eigenvalue weighted by molar-refractivity contribution is 0.124. The van der Waals surface area contributed by atoms with Crippen molar-refractivity contribution < 1.29 is 4.74 Å². The summed E-state index contributed by atoms with van der Waals surface area (Å²) in [7, 11) is 0. The number of nitrogens with one attached hydrogen (secondary N) is 1. The summed E-state index contributed by atoms with van der Waals surface area (Å²) in [5.41, 5.74) is 0. The third kappa shape index (κ3) is 6.88. The second-order valence-electron chi connectivity index (χ2n) is 4.62. The average Bonchev–Trinajstić information content (AvgIpc) is 2.68. The van der Waals surface area contributed by atoms with Crippen LogP contribution < -0.4 is 5.32 Å². The Bertz CT molecular complexity index is 145. The summed E-state index contributed by atoms with van der Waals surface area (Å²) >= 11 is 0. The van der Waals surface area contributed by atoms with E-state index in [0.29, 0.717) is 6.04 Å². The van der Waals surface area contributed by atoms with Gasteiger partial charge in [-0.25, -0.2) is 0 Å². The molecule has 1 aliphatic rings. The number of rotatable bonds is 8. The van der Waals surface area contributed by atoms with Crippen LogP contribution in [0.5, 0.6) is 0 Å². The maximum absolute atomic E-state index is 5.55. The molecule has 0 aromatic rings. The molecular weight excluding hydrogens is 188 g/mol. The molecule has 0 aliphatic carbocycles. The number of hydrogen-bond acceptors (Lipinski definition) is 3. The lowest BCUT2D eigenvalue weighted by atomic mass is 10.4. The molecule has 1 N–H and O–H groups in total. The number of likely N-dealkylation sites (tertiary alicyclic amines) is 1. The van der Waals surface area contributed by atoms with Crippen molar-refractivity contribution in [2.75, 3.05) is 39.4 Å². The molecule has 15 heavy (non-hydrogen) atoms. The zero-order valence-electron chi connectivity index (χ0n) is 10.3. The van der Waals surface area contributed by atoms with Crippen LogP contribution in [0.2, 0.25) is 0 Å². The Hall–Kier alpha value is -0.120. The lowest BCUT2D eigenvalue weighted by Gasteiger charge is -2.14. The van der Waals surface area contributed by atoms with Gasteiger partial charge in [0, 0.05) is 25.7 Å². The summed E-state index contributed by atoms with van der Waals surface area (Å²) in [5, 5.41) is 3.34. The SMILES string of the molecule is CC(C)NCCOCCCN1CCCC1. The molecule has 90 valence electrons. The summed E-state index contributed by atoms with van der Waals surface area (Å²) < 4.78 is 5.55. The van der Waals surface area contributed by atoms with Gasteiger partial charge in [0.15, 0.2) is 0 Å². The first-order valence-corrected chi connectivity index (χ1v) is 6.32. The molecule has 0 aromatic heterocycles. The molecule has 3 nitrogen and oxygen atoms in total. The molecule has 0 unspecified atom stereocenters. The Morgan fingerprint density at radius 2 is 1.93 bits per heavy atom. The lowest BCUT2D eigenvalue weighted by Crippen LogP contribution is -2.27. The molecule has 1 saturated heterocycles. The topological polar surface area (TPSA) is 24.5 Å². The average molecular weight is 214 g/mol. The Labute approximate surface area is 94.2 Å². The molecule has 0 bridgehead atoms. The fraction of sp³-hybridized carbons (Fsp3) is 1.00. The van der Waals surface area contributed by atoms with Crippen LogP contribution in [0.3, 0.4) is 0 Å². The molecular formula is C12H26N2O. The number of hydrogen-bond donors (Lipinski definition) is 1. The van der Waals surface area contributed by atoms with Crippen molar-refractivity contribution in [2.45, 2.75) is 39.2 Å². The Kier molecular flexibility index (Phi) is 6.98. The number of ether oxygens (including phenoxy) is 1. The van der Waals surface area contributed by atoms with Crippen LogP contribution in [0.4, 0.5) is 0 Å². The van der Waals surface area contributed by atoms with Crippen molar-refractivity contribution in [3.05, 3.63) is 0 Å². The zero-order chi connectivity index (χ0) is 10.9. The second-order valence-corrected chi connectivity index (χ2v) is 4.62. The van der Waals surface area contributed by atoms with E-state index in [1.165, 1.54) is 38.9 Å². The number of nitrogens with zero attached hydrogens (tertiary/aromatic N) is 1. The van der Waals surface area contributed by atoms with Crippen LogP contribution in [0, 0.1) is 0 Å². The highest BCUT2D eigenvalue weighted by atomic mass is 16.5. The minimum absolute atomic E-state index is 0.568. The molecule has 1 heterocycles. The Balaban J connectivity index is 1.76. The molecule has 1 aliphatic heterocycles. The van der Waals surface area contributed by atoms with E-state index in [1.54, 1.807) is 0 Å². The van der Waals surface area contributed by atoms with E-state index in [9.17, 15) is 0 Å². The fourth-order valence-electron chi connectivity index (χ4n) is 1.92. The van der Waals surface area contributed by atoms with Gasteiger partial charge in [0.25, 0.3) is 0 Å². The molecule has 0 atom stereocenters. The van der Waals surface area contributed by atoms with Gasteiger partial charge in [-0.15, -0.1) is 0 Å². The van der Waals surface area contributed by atoms with Crippen molar-refractivity contribution in [1.29, 1.82) is 0 Å². The van der Waals surface area contributed by atoms with Crippen LogP contribution in [0.25, 0.3) is 0 Å². The van der Waals surface area contributed by atoms with E-state index in [0.717, 1.165) is 19.8 Å². The van der Waals surface area contributed by atoms with Crippen molar-refractivity contribution in [3.63, 3.8) is 0 Å². The van der Waals surface area contributed by atoms with Crippen LogP contribution in [-0.4, -0.2) is 50.3 Å². The highest BCUT2D eigenvalue weighted by Crippen LogP contribution is 2.07. The Morgan fingerprint density at radius 3 is 2.60 bits per heavy atom. The van der Waals surface area contributed by atoms with E-state index in [1.807, 2.05) is 0 Å². The minimum atomic E-state index is 0.568. The van der Waals surface area contributed by atoms with E-state index >= 15 is 0 Å². The quantitative estimate of drug-likeness (QED) is 0.620. The summed E-state index contributed by atoms with van der Waals surface area (Å²) in [6.45, 7) is 10.9. The second kappa shape index (κ2) is 8.08. The molecule has 0 spiro atoms. The van der Waals surface area contributed by atoms with Gasteiger partial charge < -0.3 is 15.0 Å². The third-order valence-electron chi connectivity index (χ3n) is 2.76. The molecule has 0 amide bonds. The first kappa shape index (κ1) is 12.9. The monoisotopic (exact) mass is 214 g/mol. The maximum Gasteiger partial charge on any atom is 0.0591 e.